The van der Waals surface area contributed by atoms with Crippen molar-refractivity contribution in [3.05, 3.63) is 50.4 Å². The molecular formula is C19H18Br2N2O3. The lowest BCUT2D eigenvalue weighted by molar-refractivity contribution is 0.0601. The van der Waals surface area contributed by atoms with E-state index in [-0.39, 0.29) is 11.7 Å². The number of ether oxygens (including phenoxy) is 1. The zero-order valence-corrected chi connectivity index (χ0v) is 17.4. The third-order valence-electron chi connectivity index (χ3n) is 4.24. The van der Waals surface area contributed by atoms with Crippen LogP contribution < -0.4 is 4.90 Å². The number of esters is 1. The summed E-state index contributed by atoms with van der Waals surface area (Å²) in [6.07, 6.45) is 3.81. The van der Waals surface area contributed by atoms with Crippen molar-refractivity contribution in [2.45, 2.75) is 12.8 Å². The number of nitrogens with zero attached hydrogens (tertiary/aromatic N) is 2. The van der Waals surface area contributed by atoms with Gasteiger partial charge in [0.2, 0.25) is 0 Å². The Kier molecular flexibility index (Phi) is 5.98. The molecular weight excluding hydrogens is 464 g/mol. The first-order valence-electron chi connectivity index (χ1n) is 8.19. The Morgan fingerprint density at radius 2 is 1.96 bits per heavy atom. The average Bonchev–Trinajstić information content (AvgIpc) is 3.17. The Hall–Kier alpha value is -1.86. The summed E-state index contributed by atoms with van der Waals surface area (Å²) >= 11 is 6.69. The van der Waals surface area contributed by atoms with Crippen molar-refractivity contribution in [1.82, 2.24) is 0 Å². The van der Waals surface area contributed by atoms with Crippen molar-refractivity contribution in [3.63, 3.8) is 0 Å². The second kappa shape index (κ2) is 8.22. The summed E-state index contributed by atoms with van der Waals surface area (Å²) in [5, 5.41) is 10.1. The SMILES string of the molecule is COC(=O)c1cc(N=Cc2cc(Br)cc(Br)c2O)ccc1N1CCCC1. The molecule has 0 spiro atoms. The Labute approximate surface area is 168 Å². The van der Waals surface area contributed by atoms with E-state index in [4.69, 9.17) is 4.74 Å². The third kappa shape index (κ3) is 4.10. The molecule has 0 unspecified atom stereocenters. The second-order valence-corrected chi connectivity index (χ2v) is 7.74. The number of halogens is 2. The summed E-state index contributed by atoms with van der Waals surface area (Å²) in [5.74, 6) is -0.268. The minimum atomic E-state index is -0.378. The van der Waals surface area contributed by atoms with E-state index < -0.39 is 0 Å². The molecule has 0 aromatic heterocycles. The van der Waals surface area contributed by atoms with Crippen LogP contribution in [0.4, 0.5) is 11.4 Å². The Morgan fingerprint density at radius 1 is 1.23 bits per heavy atom. The summed E-state index contributed by atoms with van der Waals surface area (Å²) in [6.45, 7) is 1.87. The van der Waals surface area contributed by atoms with E-state index in [0.29, 0.717) is 21.3 Å². The summed E-state index contributed by atoms with van der Waals surface area (Å²) in [5.41, 5.74) is 2.56. The maximum atomic E-state index is 12.2. The molecule has 3 rings (SSSR count). The molecule has 26 heavy (non-hydrogen) atoms. The maximum absolute atomic E-state index is 12.2. The van der Waals surface area contributed by atoms with Gasteiger partial charge in [0.05, 0.1) is 28.5 Å². The monoisotopic (exact) mass is 480 g/mol. The summed E-state index contributed by atoms with van der Waals surface area (Å²) in [4.78, 5) is 18.8. The predicted molar refractivity (Wildman–Crippen MR) is 110 cm³/mol. The Morgan fingerprint density at radius 3 is 2.65 bits per heavy atom. The molecule has 0 saturated carbocycles. The summed E-state index contributed by atoms with van der Waals surface area (Å²) in [7, 11) is 1.38. The third-order valence-corrected chi connectivity index (χ3v) is 5.30. The fourth-order valence-electron chi connectivity index (χ4n) is 2.94. The largest absolute Gasteiger partial charge is 0.506 e. The van der Waals surface area contributed by atoms with Gasteiger partial charge in [0.1, 0.15) is 5.75 Å². The van der Waals surface area contributed by atoms with Crippen molar-refractivity contribution >= 4 is 55.4 Å². The van der Waals surface area contributed by atoms with Gasteiger partial charge in [-0.05, 0) is 59.1 Å². The van der Waals surface area contributed by atoms with E-state index in [9.17, 15) is 9.90 Å². The fraction of sp³-hybridized carbons (Fsp3) is 0.263. The lowest BCUT2D eigenvalue weighted by Gasteiger charge is -2.20. The molecule has 7 heteroatoms. The molecule has 2 aromatic rings. The Bertz CT molecular complexity index is 862. The molecule has 0 aliphatic carbocycles. The average molecular weight is 482 g/mol. The van der Waals surface area contributed by atoms with Crippen LogP contribution in [0.1, 0.15) is 28.8 Å². The second-order valence-electron chi connectivity index (χ2n) is 5.97. The number of rotatable bonds is 4. The molecule has 1 saturated heterocycles. The number of methoxy groups -OCH3 is 1. The number of hydrogen-bond donors (Lipinski definition) is 1. The smallest absolute Gasteiger partial charge is 0.340 e. The molecule has 0 amide bonds. The highest BCUT2D eigenvalue weighted by Crippen LogP contribution is 2.32. The zero-order valence-electron chi connectivity index (χ0n) is 14.2. The lowest BCUT2D eigenvalue weighted by Crippen LogP contribution is -2.20. The number of hydrogen-bond acceptors (Lipinski definition) is 5. The number of phenols is 1. The first-order valence-corrected chi connectivity index (χ1v) is 9.77. The molecule has 0 radical (unpaired) electrons. The van der Waals surface area contributed by atoms with Crippen LogP contribution in [0.2, 0.25) is 0 Å². The van der Waals surface area contributed by atoms with Gasteiger partial charge < -0.3 is 14.7 Å². The van der Waals surface area contributed by atoms with Crippen LogP contribution in [0.25, 0.3) is 0 Å². The van der Waals surface area contributed by atoms with Gasteiger partial charge in [-0.1, -0.05) is 15.9 Å². The number of carbonyl (C=O) groups excluding carboxylic acids is 1. The van der Waals surface area contributed by atoms with Gasteiger partial charge in [-0.15, -0.1) is 0 Å². The van der Waals surface area contributed by atoms with Crippen LogP contribution in [0, 0.1) is 0 Å². The highest BCUT2D eigenvalue weighted by molar-refractivity contribution is 9.11. The molecule has 5 nitrogen and oxygen atoms in total. The first-order chi connectivity index (χ1) is 12.5. The molecule has 1 aliphatic heterocycles. The van der Waals surface area contributed by atoms with Crippen LogP contribution in [-0.4, -0.2) is 37.5 Å². The first kappa shape index (κ1) is 18.9. The molecule has 1 heterocycles. The zero-order chi connectivity index (χ0) is 18.7. The van der Waals surface area contributed by atoms with Crippen LogP contribution in [-0.2, 0) is 4.74 Å². The van der Waals surface area contributed by atoms with Gasteiger partial charge in [-0.2, -0.15) is 0 Å². The summed E-state index contributed by atoms with van der Waals surface area (Å²) in [6, 6.07) is 9.01. The minimum Gasteiger partial charge on any atom is -0.506 e. The fourth-order valence-corrected chi connectivity index (χ4v) is 4.20. The number of phenolic OH excluding ortho intramolecular Hbond substituents is 1. The van der Waals surface area contributed by atoms with E-state index in [0.717, 1.165) is 36.1 Å². The van der Waals surface area contributed by atoms with Crippen molar-refractivity contribution in [1.29, 1.82) is 0 Å². The maximum Gasteiger partial charge on any atom is 0.340 e. The van der Waals surface area contributed by atoms with Crippen LogP contribution in [0.5, 0.6) is 5.75 Å². The number of anilines is 1. The highest BCUT2D eigenvalue weighted by Gasteiger charge is 2.20. The molecule has 1 aliphatic rings. The van der Waals surface area contributed by atoms with Crippen LogP contribution in [0.15, 0.2) is 44.3 Å². The van der Waals surface area contributed by atoms with Crippen molar-refractivity contribution in [2.24, 2.45) is 4.99 Å². The molecule has 1 N–H and O–H groups in total. The topological polar surface area (TPSA) is 62.1 Å². The van der Waals surface area contributed by atoms with Gasteiger partial charge >= 0.3 is 5.97 Å². The van der Waals surface area contributed by atoms with Gasteiger partial charge in [0, 0.05) is 29.3 Å². The van der Waals surface area contributed by atoms with Crippen LogP contribution >= 0.6 is 31.9 Å². The molecule has 0 bridgehead atoms. The number of aliphatic imine (C=N–C) groups is 1. The summed E-state index contributed by atoms with van der Waals surface area (Å²) < 4.78 is 6.33. The predicted octanol–water partition coefficient (Wildman–Crippen LogP) is 5.05. The number of aromatic hydroxyl groups is 1. The van der Waals surface area contributed by atoms with Crippen molar-refractivity contribution in [3.8, 4) is 5.75 Å². The Balaban J connectivity index is 1.95. The standard InChI is InChI=1S/C19H18Br2N2O3/c1-26-19(25)15-10-14(4-5-17(15)23-6-2-3-7-23)22-11-12-8-13(20)9-16(21)18(12)24/h4-5,8-11,24H,2-3,6-7H2,1H3. The molecule has 136 valence electrons. The van der Waals surface area contributed by atoms with Gasteiger partial charge in [-0.3, -0.25) is 4.99 Å². The van der Waals surface area contributed by atoms with Crippen LogP contribution in [0.3, 0.4) is 0 Å². The highest BCUT2D eigenvalue weighted by atomic mass is 79.9. The van der Waals surface area contributed by atoms with E-state index in [1.54, 1.807) is 24.4 Å². The number of carbonyl (C=O) groups is 1. The molecule has 2 aromatic carbocycles. The van der Waals surface area contributed by atoms with Crippen molar-refractivity contribution < 1.29 is 14.6 Å². The van der Waals surface area contributed by atoms with Gasteiger partial charge in [-0.25, -0.2) is 4.79 Å². The van der Waals surface area contributed by atoms with Crippen molar-refractivity contribution in [2.75, 3.05) is 25.1 Å². The van der Waals surface area contributed by atoms with E-state index >= 15 is 0 Å². The molecule has 1 fully saturated rings. The van der Waals surface area contributed by atoms with E-state index in [1.807, 2.05) is 12.1 Å². The molecule has 0 atom stereocenters. The lowest BCUT2D eigenvalue weighted by atomic mass is 10.1. The van der Waals surface area contributed by atoms with E-state index in [2.05, 4.69) is 41.8 Å². The minimum absolute atomic E-state index is 0.110. The quantitative estimate of drug-likeness (QED) is 0.490. The number of benzene rings is 2. The van der Waals surface area contributed by atoms with E-state index in [1.165, 1.54) is 7.11 Å². The van der Waals surface area contributed by atoms with Gasteiger partial charge in [0.25, 0.3) is 0 Å². The normalized spacial score (nSPS) is 14.2. The van der Waals surface area contributed by atoms with Gasteiger partial charge in [0.15, 0.2) is 0 Å².